The van der Waals surface area contributed by atoms with Crippen LogP contribution < -0.4 is 11.1 Å². The Bertz CT molecular complexity index is 326. The lowest BCUT2D eigenvalue weighted by atomic mass is 9.47. The van der Waals surface area contributed by atoms with E-state index in [0.29, 0.717) is 23.8 Å². The van der Waals surface area contributed by atoms with E-state index in [0.717, 1.165) is 38.5 Å². The van der Waals surface area contributed by atoms with Gasteiger partial charge in [-0.3, -0.25) is 9.59 Å². The van der Waals surface area contributed by atoms with E-state index < -0.39 is 0 Å². The third-order valence-corrected chi connectivity index (χ3v) is 5.06. The first kappa shape index (κ1) is 10.1. The van der Waals surface area contributed by atoms with Crippen molar-refractivity contribution < 1.29 is 9.59 Å². The van der Waals surface area contributed by atoms with Gasteiger partial charge in [-0.05, 0) is 49.9 Å². The molecule has 0 spiro atoms. The van der Waals surface area contributed by atoms with Crippen molar-refractivity contribution in [2.45, 2.75) is 38.1 Å². The second-order valence-electron chi connectivity index (χ2n) is 5.92. The Kier molecular flexibility index (Phi) is 2.03. The molecule has 0 saturated heterocycles. The second-order valence-corrected chi connectivity index (χ2v) is 5.92. The van der Waals surface area contributed by atoms with E-state index in [-0.39, 0.29) is 11.3 Å². The summed E-state index contributed by atoms with van der Waals surface area (Å²) in [6, 6.07) is 0.293. The highest BCUT2D eigenvalue weighted by atomic mass is 16.1. The van der Waals surface area contributed by atoms with Crippen molar-refractivity contribution >= 4 is 12.3 Å². The predicted octanol–water partition coefficient (Wildman–Crippen LogP) is 0.413. The van der Waals surface area contributed by atoms with Gasteiger partial charge in [0.2, 0.25) is 12.3 Å². The van der Waals surface area contributed by atoms with Crippen LogP contribution in [0.15, 0.2) is 0 Å². The van der Waals surface area contributed by atoms with Crippen LogP contribution >= 0.6 is 0 Å². The van der Waals surface area contributed by atoms with E-state index >= 15 is 0 Å². The van der Waals surface area contributed by atoms with Crippen LogP contribution in [0.1, 0.15) is 32.1 Å². The molecule has 0 radical (unpaired) electrons. The summed E-state index contributed by atoms with van der Waals surface area (Å²) >= 11 is 0. The van der Waals surface area contributed by atoms with Crippen LogP contribution in [0.4, 0.5) is 0 Å². The number of nitrogens with one attached hydrogen (secondary N) is 1. The maximum absolute atomic E-state index is 11.6. The van der Waals surface area contributed by atoms with E-state index in [4.69, 9.17) is 5.73 Å². The van der Waals surface area contributed by atoms with Crippen LogP contribution in [-0.2, 0) is 9.59 Å². The molecule has 2 unspecified atom stereocenters. The molecule has 16 heavy (non-hydrogen) atoms. The first-order chi connectivity index (χ1) is 7.64. The molecular formula is C12H18N2O2. The van der Waals surface area contributed by atoms with Crippen LogP contribution in [0.3, 0.4) is 0 Å². The first-order valence-electron chi connectivity index (χ1n) is 6.14. The molecule has 4 rings (SSSR count). The molecule has 0 heterocycles. The summed E-state index contributed by atoms with van der Waals surface area (Å²) < 4.78 is 0. The number of primary amides is 1. The minimum atomic E-state index is -0.239. The van der Waals surface area contributed by atoms with Crippen LogP contribution in [0, 0.1) is 23.2 Å². The molecule has 88 valence electrons. The van der Waals surface area contributed by atoms with Crippen LogP contribution in [0.5, 0.6) is 0 Å². The van der Waals surface area contributed by atoms with Crippen molar-refractivity contribution in [1.82, 2.24) is 5.32 Å². The fourth-order valence-corrected chi connectivity index (χ4v) is 4.68. The average molecular weight is 222 g/mol. The van der Waals surface area contributed by atoms with Crippen molar-refractivity contribution in [2.75, 3.05) is 0 Å². The SMILES string of the molecule is NC(=O)C12CC3CC(C1)C(NC=O)C(C3)C2. The van der Waals surface area contributed by atoms with E-state index in [1.165, 1.54) is 0 Å². The number of hydrogen-bond donors (Lipinski definition) is 2. The van der Waals surface area contributed by atoms with E-state index in [1.54, 1.807) is 0 Å². The molecule has 4 aliphatic rings. The topological polar surface area (TPSA) is 72.2 Å². The molecule has 4 heteroatoms. The van der Waals surface area contributed by atoms with Gasteiger partial charge < -0.3 is 11.1 Å². The van der Waals surface area contributed by atoms with Crippen LogP contribution in [0.2, 0.25) is 0 Å². The molecule has 0 aliphatic heterocycles. The summed E-state index contributed by atoms with van der Waals surface area (Å²) in [5.41, 5.74) is 5.34. The maximum atomic E-state index is 11.6. The molecular weight excluding hydrogens is 204 g/mol. The summed E-state index contributed by atoms with van der Waals surface area (Å²) in [5.74, 6) is 1.50. The molecule has 4 fully saturated rings. The van der Waals surface area contributed by atoms with Crippen molar-refractivity contribution in [3.05, 3.63) is 0 Å². The summed E-state index contributed by atoms with van der Waals surface area (Å²) in [7, 11) is 0. The van der Waals surface area contributed by atoms with Gasteiger partial charge in [-0.2, -0.15) is 0 Å². The lowest BCUT2D eigenvalue weighted by molar-refractivity contribution is -0.146. The normalized spacial score (nSPS) is 49.0. The Morgan fingerprint density at radius 2 is 1.88 bits per heavy atom. The van der Waals surface area contributed by atoms with Crippen LogP contribution in [-0.4, -0.2) is 18.4 Å². The number of nitrogens with two attached hydrogens (primary N) is 1. The minimum absolute atomic E-state index is 0.114. The molecule has 2 atom stereocenters. The standard InChI is InChI=1S/C12H18N2O2/c13-11(16)12-3-7-1-8(4-12)10(14-6-15)9(2-7)5-12/h6-10H,1-5H2,(H2,13,16)(H,14,15). The van der Waals surface area contributed by atoms with E-state index in [2.05, 4.69) is 5.32 Å². The fraction of sp³-hybridized carbons (Fsp3) is 0.833. The van der Waals surface area contributed by atoms with Gasteiger partial charge in [-0.1, -0.05) is 0 Å². The largest absolute Gasteiger partial charge is 0.369 e. The fourth-order valence-electron chi connectivity index (χ4n) is 4.68. The van der Waals surface area contributed by atoms with E-state index in [1.807, 2.05) is 0 Å². The average Bonchev–Trinajstić information content (AvgIpc) is 2.22. The van der Waals surface area contributed by atoms with Crippen molar-refractivity contribution in [3.63, 3.8) is 0 Å². The molecule has 0 aromatic heterocycles. The smallest absolute Gasteiger partial charge is 0.223 e. The Morgan fingerprint density at radius 3 is 2.38 bits per heavy atom. The van der Waals surface area contributed by atoms with Crippen molar-refractivity contribution in [3.8, 4) is 0 Å². The lowest BCUT2D eigenvalue weighted by Gasteiger charge is -2.58. The Labute approximate surface area is 94.9 Å². The van der Waals surface area contributed by atoms with Gasteiger partial charge in [-0.15, -0.1) is 0 Å². The molecule has 4 saturated carbocycles. The van der Waals surface area contributed by atoms with Gasteiger partial charge in [0.15, 0.2) is 0 Å². The summed E-state index contributed by atoms with van der Waals surface area (Å²) in [6.07, 6.45) is 5.91. The third-order valence-electron chi connectivity index (χ3n) is 5.06. The van der Waals surface area contributed by atoms with Gasteiger partial charge in [0, 0.05) is 11.5 Å². The zero-order valence-corrected chi connectivity index (χ0v) is 9.32. The first-order valence-corrected chi connectivity index (χ1v) is 6.14. The lowest BCUT2D eigenvalue weighted by Crippen LogP contribution is -2.61. The molecule has 4 aliphatic carbocycles. The molecule has 3 N–H and O–H groups in total. The number of carbonyl (C=O) groups is 2. The predicted molar refractivity (Wildman–Crippen MR) is 58.2 cm³/mol. The third kappa shape index (κ3) is 1.22. The quantitative estimate of drug-likeness (QED) is 0.679. The highest BCUT2D eigenvalue weighted by Gasteiger charge is 2.57. The highest BCUT2D eigenvalue weighted by molar-refractivity contribution is 5.81. The van der Waals surface area contributed by atoms with Gasteiger partial charge in [0.25, 0.3) is 0 Å². The number of carbonyl (C=O) groups excluding carboxylic acids is 2. The Morgan fingerprint density at radius 1 is 1.25 bits per heavy atom. The summed E-state index contributed by atoms with van der Waals surface area (Å²) in [6.45, 7) is 0. The zero-order chi connectivity index (χ0) is 11.3. The molecule has 0 aromatic carbocycles. The van der Waals surface area contributed by atoms with Crippen LogP contribution in [0.25, 0.3) is 0 Å². The Balaban J connectivity index is 1.88. The van der Waals surface area contributed by atoms with Gasteiger partial charge in [0.05, 0.1) is 0 Å². The summed E-state index contributed by atoms with van der Waals surface area (Å²) in [4.78, 5) is 22.3. The maximum Gasteiger partial charge on any atom is 0.223 e. The zero-order valence-electron chi connectivity index (χ0n) is 9.32. The molecule has 0 aromatic rings. The molecule has 4 nitrogen and oxygen atoms in total. The monoisotopic (exact) mass is 222 g/mol. The minimum Gasteiger partial charge on any atom is -0.369 e. The number of amides is 2. The second kappa shape index (κ2) is 3.22. The van der Waals surface area contributed by atoms with Gasteiger partial charge in [-0.25, -0.2) is 0 Å². The van der Waals surface area contributed by atoms with Gasteiger partial charge >= 0.3 is 0 Å². The Hall–Kier alpha value is -1.06. The highest BCUT2D eigenvalue weighted by Crippen LogP contribution is 2.59. The van der Waals surface area contributed by atoms with Crippen molar-refractivity contribution in [2.24, 2.45) is 28.9 Å². The molecule has 4 bridgehead atoms. The van der Waals surface area contributed by atoms with Crippen molar-refractivity contribution in [1.29, 1.82) is 0 Å². The van der Waals surface area contributed by atoms with E-state index in [9.17, 15) is 9.59 Å². The molecule has 2 amide bonds. The summed E-state index contributed by atoms with van der Waals surface area (Å²) in [5, 5.41) is 2.95. The number of rotatable bonds is 3. The van der Waals surface area contributed by atoms with Gasteiger partial charge in [0.1, 0.15) is 0 Å². The number of hydrogen-bond acceptors (Lipinski definition) is 2.